The van der Waals surface area contributed by atoms with Crippen molar-refractivity contribution in [2.45, 2.75) is 64.8 Å². The molecule has 0 spiro atoms. The lowest BCUT2D eigenvalue weighted by atomic mass is 10.0. The molecule has 0 radical (unpaired) electrons. The van der Waals surface area contributed by atoms with Crippen LogP contribution in [-0.2, 0) is 40.1 Å². The van der Waals surface area contributed by atoms with Crippen molar-refractivity contribution in [3.63, 3.8) is 0 Å². The lowest BCUT2D eigenvalue weighted by Crippen LogP contribution is -2.52. The van der Waals surface area contributed by atoms with Crippen LogP contribution in [0.3, 0.4) is 0 Å². The van der Waals surface area contributed by atoms with E-state index in [1.165, 1.54) is 0 Å². The molecule has 0 fully saturated rings. The predicted molar refractivity (Wildman–Crippen MR) is 153 cm³/mol. The molecular weight excluding hydrogens is 544 g/mol. The Hall–Kier alpha value is -4.74. The highest BCUT2D eigenvalue weighted by Crippen LogP contribution is 2.14. The fourth-order valence-electron chi connectivity index (χ4n) is 3.62. The van der Waals surface area contributed by atoms with Crippen LogP contribution in [0.5, 0.6) is 0 Å². The number of rotatable bonds is 14. The van der Waals surface area contributed by atoms with Gasteiger partial charge in [0.05, 0.1) is 6.04 Å². The molecule has 0 saturated heterocycles. The summed E-state index contributed by atoms with van der Waals surface area (Å²) < 4.78 is 10.2. The summed E-state index contributed by atoms with van der Waals surface area (Å²) in [4.78, 5) is 75.3. The molecule has 2 rings (SSSR count). The van der Waals surface area contributed by atoms with Gasteiger partial charge in [-0.05, 0) is 38.3 Å². The van der Waals surface area contributed by atoms with E-state index in [9.17, 15) is 28.8 Å². The molecule has 0 heterocycles. The highest BCUT2D eigenvalue weighted by molar-refractivity contribution is 6.38. The number of hydrogen-bond acceptors (Lipinski definition) is 8. The zero-order valence-electron chi connectivity index (χ0n) is 24.2. The monoisotopic (exact) mass is 582 g/mol. The van der Waals surface area contributed by atoms with E-state index < -0.39 is 66.3 Å². The second-order valence-electron chi connectivity index (χ2n) is 10.3. The van der Waals surface area contributed by atoms with Crippen molar-refractivity contribution < 1.29 is 38.2 Å². The summed E-state index contributed by atoms with van der Waals surface area (Å²) in [6.07, 6.45) is -0.223. The number of carbonyl (C=O) groups is 6. The van der Waals surface area contributed by atoms with Crippen LogP contribution in [0.4, 0.5) is 4.79 Å². The van der Waals surface area contributed by atoms with E-state index in [1.54, 1.807) is 82.3 Å². The third-order valence-corrected chi connectivity index (χ3v) is 5.56. The van der Waals surface area contributed by atoms with E-state index in [2.05, 4.69) is 21.3 Å². The normalized spacial score (nSPS) is 12.2. The summed E-state index contributed by atoms with van der Waals surface area (Å²) in [5, 5.41) is 9.63. The van der Waals surface area contributed by atoms with Crippen LogP contribution in [0.15, 0.2) is 60.7 Å². The van der Waals surface area contributed by atoms with Gasteiger partial charge in [0, 0.05) is 0 Å². The lowest BCUT2D eigenvalue weighted by Gasteiger charge is -2.23. The zero-order chi connectivity index (χ0) is 31.1. The standard InChI is InChI=1S/C30H38N4O8/c1-5-12-22(26(37)28(39)31-18-24(36)41-19-20-13-8-6-9-14-20)33-27(38)25(21-15-10-7-11-16-21)34-23(35)17-32-29(40)42-30(2,3)4/h6-11,13-16,22,25H,5,12,17-19H2,1-4H3,(H,31,39)(H,32,40)(H,33,38)(H,34,35)/t22?,25-/m0/s1. The first-order chi connectivity index (χ1) is 19.9. The van der Waals surface area contributed by atoms with E-state index in [4.69, 9.17) is 9.47 Å². The van der Waals surface area contributed by atoms with Gasteiger partial charge >= 0.3 is 12.1 Å². The Balaban J connectivity index is 2.00. The van der Waals surface area contributed by atoms with E-state index in [0.717, 1.165) is 5.56 Å². The van der Waals surface area contributed by atoms with Crippen LogP contribution in [0, 0.1) is 0 Å². The SMILES string of the molecule is CCCC(NC(=O)[C@@H](NC(=O)CNC(=O)OC(C)(C)C)c1ccccc1)C(=O)C(=O)NCC(=O)OCc1ccccc1. The molecule has 4 N–H and O–H groups in total. The van der Waals surface area contributed by atoms with E-state index in [-0.39, 0.29) is 13.0 Å². The highest BCUT2D eigenvalue weighted by atomic mass is 16.6. The van der Waals surface area contributed by atoms with Crippen LogP contribution >= 0.6 is 0 Å². The van der Waals surface area contributed by atoms with Crippen molar-refractivity contribution in [3.05, 3.63) is 71.8 Å². The van der Waals surface area contributed by atoms with Crippen molar-refractivity contribution >= 4 is 35.6 Å². The van der Waals surface area contributed by atoms with Gasteiger partial charge in [-0.3, -0.25) is 24.0 Å². The highest BCUT2D eigenvalue weighted by Gasteiger charge is 2.31. The number of ketones is 1. The number of amides is 4. The molecule has 0 aromatic heterocycles. The summed E-state index contributed by atoms with van der Waals surface area (Å²) in [7, 11) is 0. The Kier molecular flexibility index (Phi) is 13.2. The Morgan fingerprint density at radius 3 is 2.02 bits per heavy atom. The van der Waals surface area contributed by atoms with Crippen LogP contribution in [0.1, 0.15) is 57.7 Å². The molecule has 0 aliphatic heterocycles. The molecule has 0 aliphatic rings. The summed E-state index contributed by atoms with van der Waals surface area (Å²) in [5.74, 6) is -4.18. The molecule has 2 aromatic carbocycles. The Labute approximate surface area is 244 Å². The number of Topliss-reactive ketones (excluding diaryl/α,β-unsaturated/α-hetero) is 1. The molecule has 12 nitrogen and oxygen atoms in total. The summed E-state index contributed by atoms with van der Waals surface area (Å²) in [5.41, 5.74) is 0.413. The van der Waals surface area contributed by atoms with Gasteiger partial charge in [0.25, 0.3) is 5.91 Å². The number of esters is 1. The van der Waals surface area contributed by atoms with Gasteiger partial charge in [0.2, 0.25) is 17.6 Å². The van der Waals surface area contributed by atoms with Gasteiger partial charge < -0.3 is 30.7 Å². The first-order valence-corrected chi connectivity index (χ1v) is 13.5. The summed E-state index contributed by atoms with van der Waals surface area (Å²) in [6.45, 7) is 5.81. The number of nitrogens with one attached hydrogen (secondary N) is 4. The minimum atomic E-state index is -1.23. The van der Waals surface area contributed by atoms with Gasteiger partial charge in [-0.2, -0.15) is 0 Å². The molecule has 2 atom stereocenters. The third kappa shape index (κ3) is 12.2. The molecule has 1 unspecified atom stereocenters. The average Bonchev–Trinajstić information content (AvgIpc) is 2.96. The molecule has 0 aliphatic carbocycles. The zero-order valence-corrected chi connectivity index (χ0v) is 24.2. The summed E-state index contributed by atoms with van der Waals surface area (Å²) in [6, 6.07) is 14.8. The molecule has 42 heavy (non-hydrogen) atoms. The minimum Gasteiger partial charge on any atom is -0.460 e. The Morgan fingerprint density at radius 1 is 0.810 bits per heavy atom. The maximum atomic E-state index is 13.3. The number of carbonyl (C=O) groups excluding carboxylic acids is 6. The Morgan fingerprint density at radius 2 is 1.43 bits per heavy atom. The molecule has 226 valence electrons. The van der Waals surface area contributed by atoms with Crippen molar-refractivity contribution in [1.29, 1.82) is 0 Å². The van der Waals surface area contributed by atoms with Crippen LogP contribution in [0.25, 0.3) is 0 Å². The summed E-state index contributed by atoms with van der Waals surface area (Å²) >= 11 is 0. The van der Waals surface area contributed by atoms with E-state index in [1.807, 2.05) is 6.07 Å². The molecule has 0 saturated carbocycles. The fourth-order valence-corrected chi connectivity index (χ4v) is 3.62. The first-order valence-electron chi connectivity index (χ1n) is 13.5. The second-order valence-corrected chi connectivity index (χ2v) is 10.3. The van der Waals surface area contributed by atoms with Crippen molar-refractivity contribution in [2.24, 2.45) is 0 Å². The van der Waals surface area contributed by atoms with Crippen molar-refractivity contribution in [1.82, 2.24) is 21.3 Å². The maximum absolute atomic E-state index is 13.3. The van der Waals surface area contributed by atoms with E-state index in [0.29, 0.717) is 12.0 Å². The van der Waals surface area contributed by atoms with Crippen LogP contribution in [-0.4, -0.2) is 60.3 Å². The molecular formula is C30H38N4O8. The van der Waals surface area contributed by atoms with Gasteiger partial charge in [0.1, 0.15) is 31.3 Å². The maximum Gasteiger partial charge on any atom is 0.408 e. The third-order valence-electron chi connectivity index (χ3n) is 5.56. The van der Waals surface area contributed by atoms with Crippen LogP contribution in [0.2, 0.25) is 0 Å². The molecule has 0 bridgehead atoms. The van der Waals surface area contributed by atoms with Gasteiger partial charge in [-0.1, -0.05) is 74.0 Å². The van der Waals surface area contributed by atoms with Crippen molar-refractivity contribution in [2.75, 3.05) is 13.1 Å². The number of alkyl carbamates (subject to hydrolysis) is 1. The van der Waals surface area contributed by atoms with Gasteiger partial charge in [0.15, 0.2) is 0 Å². The number of hydrogen-bond donors (Lipinski definition) is 4. The fraction of sp³-hybridized carbons (Fsp3) is 0.400. The number of benzene rings is 2. The minimum absolute atomic E-state index is 0.0118. The molecule has 2 aromatic rings. The number of ether oxygens (including phenoxy) is 2. The lowest BCUT2D eigenvalue weighted by molar-refractivity contribution is -0.146. The molecule has 4 amide bonds. The Bertz CT molecular complexity index is 1230. The quantitative estimate of drug-likeness (QED) is 0.194. The largest absolute Gasteiger partial charge is 0.460 e. The predicted octanol–water partition coefficient (Wildman–Crippen LogP) is 2.08. The average molecular weight is 583 g/mol. The van der Waals surface area contributed by atoms with Gasteiger partial charge in [-0.25, -0.2) is 4.79 Å². The topological polar surface area (TPSA) is 169 Å². The molecule has 12 heteroatoms. The second kappa shape index (κ2) is 16.5. The van der Waals surface area contributed by atoms with Crippen LogP contribution < -0.4 is 21.3 Å². The van der Waals surface area contributed by atoms with Crippen molar-refractivity contribution in [3.8, 4) is 0 Å². The van der Waals surface area contributed by atoms with Gasteiger partial charge in [-0.15, -0.1) is 0 Å². The van der Waals surface area contributed by atoms with E-state index >= 15 is 0 Å². The first kappa shape index (κ1) is 33.5. The smallest absolute Gasteiger partial charge is 0.408 e.